The van der Waals surface area contributed by atoms with Crippen molar-refractivity contribution in [2.45, 2.75) is 19.8 Å². The Hall–Kier alpha value is -0.0400. The fraction of sp³-hybridized carbons (Fsp3) is 1.00. The molecule has 0 aromatic rings. The second-order valence-electron chi connectivity index (χ2n) is 3.96. The van der Waals surface area contributed by atoms with Crippen molar-refractivity contribution in [3.8, 4) is 0 Å². The Bertz CT molecular complexity index is 127. The average molecular weight is 125 g/mol. The highest BCUT2D eigenvalue weighted by atomic mass is 15.1. The van der Waals surface area contributed by atoms with Gasteiger partial charge in [0.2, 0.25) is 0 Å². The van der Waals surface area contributed by atoms with Gasteiger partial charge in [-0.05, 0) is 31.2 Å². The predicted molar refractivity (Wildman–Crippen MR) is 38.3 cm³/mol. The zero-order chi connectivity index (χ0) is 6.48. The van der Waals surface area contributed by atoms with Gasteiger partial charge in [-0.2, -0.15) is 0 Å². The van der Waals surface area contributed by atoms with Crippen molar-refractivity contribution in [2.24, 2.45) is 11.3 Å². The molecule has 0 aromatic carbocycles. The molecule has 2 aliphatic rings. The lowest BCUT2D eigenvalue weighted by Crippen LogP contribution is -2.14. The van der Waals surface area contributed by atoms with E-state index in [2.05, 4.69) is 18.9 Å². The van der Waals surface area contributed by atoms with Crippen molar-refractivity contribution >= 4 is 0 Å². The lowest BCUT2D eigenvalue weighted by Gasteiger charge is -2.08. The minimum absolute atomic E-state index is 0.800. The molecule has 1 nitrogen and oxygen atoms in total. The maximum Gasteiger partial charge on any atom is 0.00381 e. The van der Waals surface area contributed by atoms with Crippen LogP contribution in [0.2, 0.25) is 0 Å². The minimum atomic E-state index is 0.800. The molecule has 0 radical (unpaired) electrons. The first kappa shape index (κ1) is 5.72. The number of likely N-dealkylation sites (tertiary alicyclic amines) is 1. The van der Waals surface area contributed by atoms with E-state index >= 15 is 0 Å². The topological polar surface area (TPSA) is 3.24 Å². The molecular weight excluding hydrogens is 110 g/mol. The normalized spacial score (nSPS) is 40.0. The monoisotopic (exact) mass is 125 g/mol. The summed E-state index contributed by atoms with van der Waals surface area (Å²) in [5, 5.41) is 0. The zero-order valence-corrected chi connectivity index (χ0v) is 6.35. The van der Waals surface area contributed by atoms with Crippen LogP contribution in [-0.2, 0) is 0 Å². The maximum atomic E-state index is 2.47. The Morgan fingerprint density at radius 3 is 2.33 bits per heavy atom. The third-order valence-electron chi connectivity index (χ3n) is 3.11. The zero-order valence-electron chi connectivity index (χ0n) is 6.35. The van der Waals surface area contributed by atoms with Crippen molar-refractivity contribution in [1.29, 1.82) is 0 Å². The van der Waals surface area contributed by atoms with E-state index in [-0.39, 0.29) is 0 Å². The highest BCUT2D eigenvalue weighted by Gasteiger charge is 2.51. The molecule has 2 fully saturated rings. The van der Waals surface area contributed by atoms with Crippen molar-refractivity contribution in [2.75, 3.05) is 20.1 Å². The Balaban J connectivity index is 2.10. The van der Waals surface area contributed by atoms with E-state index in [1.807, 2.05) is 0 Å². The molecule has 0 aromatic heterocycles. The SMILES string of the molecule is C[C@@H]1CN(C)CC12CC2. The third kappa shape index (κ3) is 0.710. The maximum absolute atomic E-state index is 2.47. The molecule has 0 bridgehead atoms. The number of hydrogen-bond donors (Lipinski definition) is 0. The molecule has 1 spiro atoms. The van der Waals surface area contributed by atoms with E-state index in [9.17, 15) is 0 Å². The molecule has 1 heteroatoms. The van der Waals surface area contributed by atoms with Gasteiger partial charge in [-0.25, -0.2) is 0 Å². The van der Waals surface area contributed by atoms with Gasteiger partial charge in [0.25, 0.3) is 0 Å². The molecule has 1 atom stereocenters. The molecule has 52 valence electrons. The third-order valence-corrected chi connectivity index (χ3v) is 3.11. The molecule has 1 heterocycles. The van der Waals surface area contributed by atoms with Crippen LogP contribution >= 0.6 is 0 Å². The second-order valence-corrected chi connectivity index (χ2v) is 3.96. The molecular formula is C8H15N. The van der Waals surface area contributed by atoms with Gasteiger partial charge >= 0.3 is 0 Å². The summed E-state index contributed by atoms with van der Waals surface area (Å²) in [4.78, 5) is 2.47. The molecule has 1 saturated carbocycles. The van der Waals surface area contributed by atoms with Gasteiger partial charge in [0.05, 0.1) is 0 Å². The summed E-state index contributed by atoms with van der Waals surface area (Å²) >= 11 is 0. The molecule has 1 aliphatic heterocycles. The average Bonchev–Trinajstić information content (AvgIpc) is 2.42. The molecule has 0 unspecified atom stereocenters. The molecule has 1 saturated heterocycles. The van der Waals surface area contributed by atoms with Crippen LogP contribution < -0.4 is 0 Å². The van der Waals surface area contributed by atoms with E-state index in [0.717, 1.165) is 11.3 Å². The Kier molecular flexibility index (Phi) is 0.963. The van der Waals surface area contributed by atoms with Crippen molar-refractivity contribution in [1.82, 2.24) is 4.90 Å². The summed E-state index contributed by atoms with van der Waals surface area (Å²) in [6.07, 6.45) is 3.00. The fourth-order valence-electron chi connectivity index (χ4n) is 2.23. The number of hydrogen-bond acceptors (Lipinski definition) is 1. The van der Waals surface area contributed by atoms with Crippen molar-refractivity contribution in [3.05, 3.63) is 0 Å². The lowest BCUT2D eigenvalue weighted by molar-refractivity contribution is 0.389. The standard InChI is InChI=1S/C8H15N/c1-7-5-9(2)6-8(7)3-4-8/h7H,3-6H2,1-2H3/t7-/m1/s1. The van der Waals surface area contributed by atoms with Crippen LogP contribution in [0.25, 0.3) is 0 Å². The first-order valence-corrected chi connectivity index (χ1v) is 3.91. The highest BCUT2D eigenvalue weighted by molar-refractivity contribution is 5.03. The predicted octanol–water partition coefficient (Wildman–Crippen LogP) is 1.35. The van der Waals surface area contributed by atoms with Crippen molar-refractivity contribution in [3.63, 3.8) is 0 Å². The van der Waals surface area contributed by atoms with E-state index < -0.39 is 0 Å². The van der Waals surface area contributed by atoms with Crippen LogP contribution in [0.15, 0.2) is 0 Å². The number of rotatable bonds is 0. The van der Waals surface area contributed by atoms with Gasteiger partial charge in [-0.15, -0.1) is 0 Å². The lowest BCUT2D eigenvalue weighted by atomic mass is 9.95. The highest BCUT2D eigenvalue weighted by Crippen LogP contribution is 2.55. The van der Waals surface area contributed by atoms with E-state index in [4.69, 9.17) is 0 Å². The Labute approximate surface area is 57.0 Å². The van der Waals surface area contributed by atoms with Crippen LogP contribution in [0.3, 0.4) is 0 Å². The first-order chi connectivity index (χ1) is 4.23. The minimum Gasteiger partial charge on any atom is -0.306 e. The summed E-state index contributed by atoms with van der Waals surface area (Å²) in [6.45, 7) is 5.10. The molecule has 2 rings (SSSR count). The molecule has 9 heavy (non-hydrogen) atoms. The summed E-state index contributed by atoms with van der Waals surface area (Å²) in [5.74, 6) is 0.975. The largest absolute Gasteiger partial charge is 0.306 e. The summed E-state index contributed by atoms with van der Waals surface area (Å²) in [7, 11) is 2.24. The quantitative estimate of drug-likeness (QED) is 0.472. The van der Waals surface area contributed by atoms with E-state index in [1.165, 1.54) is 25.9 Å². The van der Waals surface area contributed by atoms with Crippen LogP contribution in [0.5, 0.6) is 0 Å². The van der Waals surface area contributed by atoms with Gasteiger partial charge in [0.15, 0.2) is 0 Å². The summed E-state index contributed by atoms with van der Waals surface area (Å²) < 4.78 is 0. The molecule has 1 aliphatic carbocycles. The van der Waals surface area contributed by atoms with Gasteiger partial charge in [0.1, 0.15) is 0 Å². The van der Waals surface area contributed by atoms with Crippen LogP contribution in [-0.4, -0.2) is 25.0 Å². The molecule has 0 amide bonds. The molecule has 0 N–H and O–H groups in total. The van der Waals surface area contributed by atoms with Crippen LogP contribution in [0, 0.1) is 11.3 Å². The Morgan fingerprint density at radius 2 is 2.11 bits per heavy atom. The van der Waals surface area contributed by atoms with Gasteiger partial charge in [0, 0.05) is 13.1 Å². The van der Waals surface area contributed by atoms with E-state index in [1.54, 1.807) is 0 Å². The van der Waals surface area contributed by atoms with Gasteiger partial charge < -0.3 is 4.90 Å². The van der Waals surface area contributed by atoms with Crippen LogP contribution in [0.4, 0.5) is 0 Å². The van der Waals surface area contributed by atoms with Crippen LogP contribution in [0.1, 0.15) is 19.8 Å². The van der Waals surface area contributed by atoms with Crippen molar-refractivity contribution < 1.29 is 0 Å². The van der Waals surface area contributed by atoms with Gasteiger partial charge in [-0.3, -0.25) is 0 Å². The fourth-order valence-corrected chi connectivity index (χ4v) is 2.23. The second kappa shape index (κ2) is 1.51. The summed E-state index contributed by atoms with van der Waals surface area (Å²) in [5.41, 5.74) is 0.800. The smallest absolute Gasteiger partial charge is 0.00381 e. The van der Waals surface area contributed by atoms with Gasteiger partial charge in [-0.1, -0.05) is 6.92 Å². The summed E-state index contributed by atoms with van der Waals surface area (Å²) in [6, 6.07) is 0. The Morgan fingerprint density at radius 1 is 1.44 bits per heavy atom. The number of nitrogens with zero attached hydrogens (tertiary/aromatic N) is 1. The van der Waals surface area contributed by atoms with E-state index in [0.29, 0.717) is 0 Å². The first-order valence-electron chi connectivity index (χ1n) is 3.91.